The number of aliphatic hydroxyl groups excluding tert-OH is 1. The third kappa shape index (κ3) is 3.08. The topological polar surface area (TPSA) is 83.9 Å². The minimum atomic E-state index is -0.890. The molecule has 1 unspecified atom stereocenters. The van der Waals surface area contributed by atoms with Gasteiger partial charge in [0, 0.05) is 24.5 Å². The quantitative estimate of drug-likeness (QED) is 0.499. The molecule has 1 heterocycles. The van der Waals surface area contributed by atoms with Gasteiger partial charge in [-0.2, -0.15) is 9.47 Å². The van der Waals surface area contributed by atoms with E-state index in [1.54, 1.807) is 6.20 Å². The summed E-state index contributed by atoms with van der Waals surface area (Å²) >= 11 is 4.54. The number of halogens is 1. The third-order valence-electron chi connectivity index (χ3n) is 1.68. The number of hydrazone groups is 1. The first kappa shape index (κ1) is 12.3. The minimum absolute atomic E-state index is 0.317. The summed E-state index contributed by atoms with van der Waals surface area (Å²) in [5.74, 6) is 5.18. The number of nitrogens with zero attached hydrogens (tertiary/aromatic N) is 3. The predicted octanol–water partition coefficient (Wildman–Crippen LogP) is 1.34. The molecule has 7 heteroatoms. The Balaban J connectivity index is 2.88. The first-order chi connectivity index (χ1) is 7.20. The second-order valence-corrected chi connectivity index (χ2v) is 4.76. The van der Waals surface area contributed by atoms with E-state index in [0.717, 1.165) is 3.79 Å². The normalized spacial score (nSPS) is 14.7. The van der Waals surface area contributed by atoms with Gasteiger partial charge in [-0.3, -0.25) is 4.99 Å². The number of hydrogen-bond acceptors (Lipinski definition) is 6. The fourth-order valence-electron chi connectivity index (χ4n) is 0.930. The van der Waals surface area contributed by atoms with Crippen molar-refractivity contribution in [3.63, 3.8) is 0 Å². The Morgan fingerprint density at radius 2 is 2.60 bits per heavy atom. The third-order valence-corrected chi connectivity index (χ3v) is 3.18. The molecule has 5 nitrogen and oxygen atoms in total. The van der Waals surface area contributed by atoms with Gasteiger partial charge in [0.15, 0.2) is 0 Å². The smallest absolute Gasteiger partial charge is 0.128 e. The van der Waals surface area contributed by atoms with Crippen LogP contribution >= 0.6 is 27.5 Å². The van der Waals surface area contributed by atoms with Crippen molar-refractivity contribution in [2.75, 3.05) is 6.54 Å². The fourth-order valence-corrected chi connectivity index (χ4v) is 2.03. The maximum atomic E-state index is 9.91. The van der Waals surface area contributed by atoms with Crippen molar-refractivity contribution in [3.8, 4) is 0 Å². The van der Waals surface area contributed by atoms with Crippen molar-refractivity contribution in [1.29, 1.82) is 0 Å². The van der Waals surface area contributed by atoms with Gasteiger partial charge in [-0.05, 0) is 34.4 Å². The van der Waals surface area contributed by atoms with Crippen LogP contribution in [0.1, 0.15) is 18.6 Å². The molecule has 1 atom stereocenters. The van der Waals surface area contributed by atoms with Gasteiger partial charge in [0.1, 0.15) is 11.8 Å². The van der Waals surface area contributed by atoms with Gasteiger partial charge in [-0.1, -0.05) is 0 Å². The minimum Gasteiger partial charge on any atom is -0.382 e. The van der Waals surface area contributed by atoms with Crippen molar-refractivity contribution in [3.05, 3.63) is 15.5 Å². The van der Waals surface area contributed by atoms with Crippen LogP contribution in [-0.4, -0.2) is 28.0 Å². The van der Waals surface area contributed by atoms with E-state index in [2.05, 4.69) is 30.4 Å². The van der Waals surface area contributed by atoms with Crippen LogP contribution in [0.5, 0.6) is 0 Å². The van der Waals surface area contributed by atoms with E-state index in [1.807, 2.05) is 6.92 Å². The summed E-state index contributed by atoms with van der Waals surface area (Å²) in [6.07, 6.45) is 2.15. The predicted molar refractivity (Wildman–Crippen MR) is 65.4 cm³/mol. The molecule has 1 aromatic heterocycles. The molecular formula is C8H11BrN4OS. The number of nitrogens with two attached hydrogens (primary N) is 1. The van der Waals surface area contributed by atoms with Crippen LogP contribution in [0.3, 0.4) is 0 Å². The molecule has 1 rings (SSSR count). The molecule has 0 aliphatic rings. The summed E-state index contributed by atoms with van der Waals surface area (Å²) < 4.78 is 4.70. The zero-order chi connectivity index (χ0) is 11.3. The average molecular weight is 291 g/mol. The first-order valence-corrected chi connectivity index (χ1v) is 5.83. The molecule has 0 aliphatic heterocycles. The lowest BCUT2D eigenvalue weighted by atomic mass is 10.1. The maximum absolute atomic E-state index is 9.91. The zero-order valence-electron chi connectivity index (χ0n) is 8.09. The Kier molecular flexibility index (Phi) is 4.86. The Morgan fingerprint density at radius 3 is 3.07 bits per heavy atom. The lowest BCUT2D eigenvalue weighted by molar-refractivity contribution is 0.249. The molecule has 0 aromatic carbocycles. The highest BCUT2D eigenvalue weighted by Crippen LogP contribution is 2.27. The summed E-state index contributed by atoms with van der Waals surface area (Å²) in [5, 5.41) is 13.4. The summed E-state index contributed by atoms with van der Waals surface area (Å²) in [6.45, 7) is 2.51. The van der Waals surface area contributed by atoms with Crippen LogP contribution in [0.2, 0.25) is 0 Å². The van der Waals surface area contributed by atoms with Gasteiger partial charge in [0.2, 0.25) is 0 Å². The standard InChI is InChI=1S/C8H11BrN4OS/c1-2-11-4-6(13-10)7(14)5-3-12-15-8(5)9/h3-4,7,14H,2,10H2,1H3. The number of aliphatic imine (C=N–C) groups is 1. The average Bonchev–Trinajstić information content (AvgIpc) is 2.65. The molecule has 0 spiro atoms. The molecule has 0 amide bonds. The van der Waals surface area contributed by atoms with Crippen LogP contribution in [-0.2, 0) is 0 Å². The van der Waals surface area contributed by atoms with E-state index >= 15 is 0 Å². The van der Waals surface area contributed by atoms with E-state index in [1.165, 1.54) is 17.7 Å². The summed E-state index contributed by atoms with van der Waals surface area (Å²) in [7, 11) is 0. The first-order valence-electron chi connectivity index (χ1n) is 4.26. The zero-order valence-corrected chi connectivity index (χ0v) is 10.5. The molecule has 82 valence electrons. The van der Waals surface area contributed by atoms with Crippen molar-refractivity contribution < 1.29 is 5.11 Å². The van der Waals surface area contributed by atoms with Crippen molar-refractivity contribution in [2.24, 2.45) is 15.9 Å². The highest BCUT2D eigenvalue weighted by atomic mass is 79.9. The van der Waals surface area contributed by atoms with Crippen LogP contribution < -0.4 is 5.84 Å². The molecule has 0 fully saturated rings. The maximum Gasteiger partial charge on any atom is 0.128 e. The second kappa shape index (κ2) is 5.94. The van der Waals surface area contributed by atoms with Crippen LogP contribution in [0.25, 0.3) is 0 Å². The summed E-state index contributed by atoms with van der Waals surface area (Å²) in [5.41, 5.74) is 0.963. The van der Waals surface area contributed by atoms with E-state index < -0.39 is 6.10 Å². The highest BCUT2D eigenvalue weighted by Gasteiger charge is 2.18. The fraction of sp³-hybridized carbons (Fsp3) is 0.375. The number of aliphatic hydroxyl groups is 1. The number of aromatic nitrogens is 1. The monoisotopic (exact) mass is 290 g/mol. The molecule has 0 bridgehead atoms. The van der Waals surface area contributed by atoms with Crippen LogP contribution in [0.4, 0.5) is 0 Å². The second-order valence-electron chi connectivity index (χ2n) is 2.64. The Labute approximate surface area is 100 Å². The molecule has 3 N–H and O–H groups in total. The van der Waals surface area contributed by atoms with E-state index in [4.69, 9.17) is 5.84 Å². The Bertz CT molecular complexity index is 376. The molecule has 0 saturated carbocycles. The highest BCUT2D eigenvalue weighted by molar-refractivity contribution is 9.11. The van der Waals surface area contributed by atoms with Crippen LogP contribution in [0, 0.1) is 0 Å². The van der Waals surface area contributed by atoms with E-state index in [-0.39, 0.29) is 0 Å². The summed E-state index contributed by atoms with van der Waals surface area (Å²) in [6, 6.07) is 0. The van der Waals surface area contributed by atoms with Gasteiger partial charge < -0.3 is 10.9 Å². The van der Waals surface area contributed by atoms with Gasteiger partial charge in [0.25, 0.3) is 0 Å². The summed E-state index contributed by atoms with van der Waals surface area (Å²) in [4.78, 5) is 3.98. The molecule has 0 saturated heterocycles. The lowest BCUT2D eigenvalue weighted by Gasteiger charge is -2.07. The Morgan fingerprint density at radius 1 is 1.87 bits per heavy atom. The molecule has 1 aromatic rings. The Hall–Kier alpha value is -0.790. The van der Waals surface area contributed by atoms with E-state index in [9.17, 15) is 5.11 Å². The molecule has 0 radical (unpaired) electrons. The SMILES string of the molecule is CCN=CC(=NN)C(O)c1cnsc1Br. The number of rotatable bonds is 4. The van der Waals surface area contributed by atoms with E-state index in [0.29, 0.717) is 17.8 Å². The molecule has 0 aliphatic carbocycles. The lowest BCUT2D eigenvalue weighted by Crippen LogP contribution is -2.15. The molecule has 15 heavy (non-hydrogen) atoms. The van der Waals surface area contributed by atoms with Gasteiger partial charge in [-0.25, -0.2) is 0 Å². The number of hydrogen-bond donors (Lipinski definition) is 2. The van der Waals surface area contributed by atoms with Gasteiger partial charge in [0.05, 0.1) is 3.79 Å². The van der Waals surface area contributed by atoms with Gasteiger partial charge in [-0.15, -0.1) is 0 Å². The van der Waals surface area contributed by atoms with Crippen molar-refractivity contribution in [2.45, 2.75) is 13.0 Å². The van der Waals surface area contributed by atoms with Crippen LogP contribution in [0.15, 0.2) is 20.1 Å². The van der Waals surface area contributed by atoms with Crippen molar-refractivity contribution in [1.82, 2.24) is 4.37 Å². The van der Waals surface area contributed by atoms with Gasteiger partial charge >= 0.3 is 0 Å². The molecular weight excluding hydrogens is 280 g/mol. The van der Waals surface area contributed by atoms with Crippen molar-refractivity contribution >= 4 is 39.4 Å². The largest absolute Gasteiger partial charge is 0.382 e.